The summed E-state index contributed by atoms with van der Waals surface area (Å²) >= 11 is 3.37. The van der Waals surface area contributed by atoms with Gasteiger partial charge in [-0.2, -0.15) is 0 Å². The highest BCUT2D eigenvalue weighted by atomic mass is 79.9. The number of benzene rings is 2. The molecule has 5 heteroatoms. The number of rotatable bonds is 6. The first-order valence-corrected chi connectivity index (χ1v) is 8.21. The number of aryl methyl sites for hydroxylation is 1. The van der Waals surface area contributed by atoms with E-state index in [0.717, 1.165) is 21.3 Å². The van der Waals surface area contributed by atoms with Crippen molar-refractivity contribution in [1.29, 1.82) is 0 Å². The van der Waals surface area contributed by atoms with Gasteiger partial charge in [-0.25, -0.2) is 0 Å². The van der Waals surface area contributed by atoms with E-state index in [1.807, 2.05) is 55.5 Å². The Kier molecular flexibility index (Phi) is 5.80. The van der Waals surface area contributed by atoms with Crippen molar-refractivity contribution in [2.75, 3.05) is 13.2 Å². The summed E-state index contributed by atoms with van der Waals surface area (Å²) in [6.07, 6.45) is 0. The van der Waals surface area contributed by atoms with E-state index < -0.39 is 5.54 Å². The molecule has 0 heterocycles. The van der Waals surface area contributed by atoms with Gasteiger partial charge in [0.25, 0.3) is 0 Å². The Labute approximate surface area is 145 Å². The Hall–Kier alpha value is -1.85. The number of amides is 1. The highest BCUT2D eigenvalue weighted by Gasteiger charge is 2.30. The van der Waals surface area contributed by atoms with Gasteiger partial charge in [0.05, 0.1) is 6.54 Å². The second-order valence-electron chi connectivity index (χ2n) is 5.63. The van der Waals surface area contributed by atoms with Crippen molar-refractivity contribution >= 4 is 21.8 Å². The summed E-state index contributed by atoms with van der Waals surface area (Å²) in [4.78, 5) is 12.3. The number of ether oxygens (including phenoxy) is 1. The average Bonchev–Trinajstić information content (AvgIpc) is 2.52. The van der Waals surface area contributed by atoms with E-state index in [0.29, 0.717) is 13.2 Å². The van der Waals surface area contributed by atoms with Crippen LogP contribution in [-0.4, -0.2) is 19.1 Å². The number of carbonyl (C=O) groups excluding carboxylic acids is 1. The normalized spacial score (nSPS) is 13.2. The van der Waals surface area contributed by atoms with Crippen molar-refractivity contribution in [3.63, 3.8) is 0 Å². The Morgan fingerprint density at radius 2 is 1.96 bits per heavy atom. The predicted octanol–water partition coefficient (Wildman–Crippen LogP) is 3.13. The van der Waals surface area contributed by atoms with Crippen molar-refractivity contribution in [1.82, 2.24) is 5.32 Å². The van der Waals surface area contributed by atoms with Crippen LogP contribution in [0, 0.1) is 6.92 Å². The minimum absolute atomic E-state index is 0.229. The number of halogens is 1. The number of hydrogen-bond acceptors (Lipinski definition) is 3. The lowest BCUT2D eigenvalue weighted by Crippen LogP contribution is -2.49. The highest BCUT2D eigenvalue weighted by molar-refractivity contribution is 9.10. The molecule has 0 saturated heterocycles. The third-order valence-corrected chi connectivity index (χ3v) is 4.09. The zero-order valence-electron chi connectivity index (χ0n) is 13.3. The second kappa shape index (κ2) is 7.62. The lowest BCUT2D eigenvalue weighted by atomic mass is 9.92. The Morgan fingerprint density at radius 3 is 2.61 bits per heavy atom. The number of carbonyl (C=O) groups is 1. The standard InChI is InChI=1S/C18H21BrN2O2/c1-13-4-3-5-16(12-13)23-11-10-21-17(22)18(2,20)14-6-8-15(19)9-7-14/h3-9,12H,10-11,20H2,1-2H3,(H,21,22). The number of nitrogens with two attached hydrogens (primary N) is 1. The summed E-state index contributed by atoms with van der Waals surface area (Å²) < 4.78 is 6.56. The smallest absolute Gasteiger partial charge is 0.244 e. The molecule has 0 saturated carbocycles. The molecule has 0 aliphatic heterocycles. The maximum atomic E-state index is 12.3. The first-order valence-electron chi connectivity index (χ1n) is 7.42. The minimum Gasteiger partial charge on any atom is -0.492 e. The van der Waals surface area contributed by atoms with Gasteiger partial charge in [0.15, 0.2) is 0 Å². The average molecular weight is 377 g/mol. The number of hydrogen-bond donors (Lipinski definition) is 2. The molecule has 122 valence electrons. The molecule has 2 aromatic rings. The monoisotopic (exact) mass is 376 g/mol. The first-order chi connectivity index (χ1) is 10.9. The maximum Gasteiger partial charge on any atom is 0.244 e. The third-order valence-electron chi connectivity index (χ3n) is 3.56. The molecule has 1 unspecified atom stereocenters. The summed E-state index contributed by atoms with van der Waals surface area (Å²) in [7, 11) is 0. The van der Waals surface area contributed by atoms with Crippen LogP contribution in [0.1, 0.15) is 18.1 Å². The first kappa shape index (κ1) is 17.5. The molecule has 0 aliphatic carbocycles. The molecule has 23 heavy (non-hydrogen) atoms. The van der Waals surface area contributed by atoms with Gasteiger partial charge >= 0.3 is 0 Å². The Bertz CT molecular complexity index is 669. The van der Waals surface area contributed by atoms with Crippen LogP contribution >= 0.6 is 15.9 Å². The van der Waals surface area contributed by atoms with Gasteiger partial charge < -0.3 is 15.8 Å². The second-order valence-corrected chi connectivity index (χ2v) is 6.55. The molecular weight excluding hydrogens is 356 g/mol. The highest BCUT2D eigenvalue weighted by Crippen LogP contribution is 2.20. The molecular formula is C18H21BrN2O2. The van der Waals surface area contributed by atoms with Crippen LogP contribution in [0.5, 0.6) is 5.75 Å². The molecule has 2 rings (SSSR count). The van der Waals surface area contributed by atoms with E-state index in [1.54, 1.807) is 6.92 Å². The SMILES string of the molecule is Cc1cccc(OCCNC(=O)C(C)(N)c2ccc(Br)cc2)c1. The van der Waals surface area contributed by atoms with Crippen LogP contribution in [0.3, 0.4) is 0 Å². The summed E-state index contributed by atoms with van der Waals surface area (Å²) in [5.41, 5.74) is 6.99. The van der Waals surface area contributed by atoms with Crippen molar-refractivity contribution in [3.8, 4) is 5.75 Å². The molecule has 0 spiro atoms. The van der Waals surface area contributed by atoms with Gasteiger partial charge in [0.1, 0.15) is 17.9 Å². The van der Waals surface area contributed by atoms with Gasteiger partial charge in [-0.05, 0) is 49.2 Å². The van der Waals surface area contributed by atoms with Crippen molar-refractivity contribution in [3.05, 3.63) is 64.1 Å². The quantitative estimate of drug-likeness (QED) is 0.761. The van der Waals surface area contributed by atoms with E-state index in [4.69, 9.17) is 10.5 Å². The van der Waals surface area contributed by atoms with E-state index in [2.05, 4.69) is 21.2 Å². The van der Waals surface area contributed by atoms with Gasteiger partial charge in [-0.15, -0.1) is 0 Å². The van der Waals surface area contributed by atoms with Gasteiger partial charge in [-0.1, -0.05) is 40.2 Å². The fourth-order valence-electron chi connectivity index (χ4n) is 2.15. The van der Waals surface area contributed by atoms with Gasteiger partial charge in [0.2, 0.25) is 5.91 Å². The van der Waals surface area contributed by atoms with E-state index in [-0.39, 0.29) is 5.91 Å². The van der Waals surface area contributed by atoms with Crippen LogP contribution in [0.25, 0.3) is 0 Å². The summed E-state index contributed by atoms with van der Waals surface area (Å²) in [6.45, 7) is 4.50. The third kappa shape index (κ3) is 4.81. The summed E-state index contributed by atoms with van der Waals surface area (Å²) in [5, 5.41) is 2.82. The van der Waals surface area contributed by atoms with Crippen molar-refractivity contribution < 1.29 is 9.53 Å². The van der Waals surface area contributed by atoms with Crippen LogP contribution < -0.4 is 15.8 Å². The molecule has 1 atom stereocenters. The lowest BCUT2D eigenvalue weighted by Gasteiger charge is -2.24. The van der Waals surface area contributed by atoms with E-state index >= 15 is 0 Å². The Balaban J connectivity index is 1.85. The van der Waals surface area contributed by atoms with Crippen LogP contribution in [-0.2, 0) is 10.3 Å². The van der Waals surface area contributed by atoms with E-state index in [9.17, 15) is 4.79 Å². The molecule has 0 aromatic heterocycles. The largest absolute Gasteiger partial charge is 0.492 e. The molecule has 2 aromatic carbocycles. The summed E-state index contributed by atoms with van der Waals surface area (Å²) in [6, 6.07) is 15.2. The van der Waals surface area contributed by atoms with Gasteiger partial charge in [-0.3, -0.25) is 4.79 Å². The maximum absolute atomic E-state index is 12.3. The topological polar surface area (TPSA) is 64.3 Å². The van der Waals surface area contributed by atoms with E-state index in [1.165, 1.54) is 0 Å². The molecule has 3 N–H and O–H groups in total. The predicted molar refractivity (Wildman–Crippen MR) is 95.4 cm³/mol. The zero-order chi connectivity index (χ0) is 16.9. The molecule has 0 bridgehead atoms. The fourth-order valence-corrected chi connectivity index (χ4v) is 2.41. The minimum atomic E-state index is -1.08. The summed E-state index contributed by atoms with van der Waals surface area (Å²) in [5.74, 6) is 0.565. The molecule has 0 radical (unpaired) electrons. The van der Waals surface area contributed by atoms with Crippen LogP contribution in [0.2, 0.25) is 0 Å². The fraction of sp³-hybridized carbons (Fsp3) is 0.278. The Morgan fingerprint density at radius 1 is 1.26 bits per heavy atom. The lowest BCUT2D eigenvalue weighted by molar-refractivity contribution is -0.126. The van der Waals surface area contributed by atoms with Crippen LogP contribution in [0.4, 0.5) is 0 Å². The molecule has 0 aliphatic rings. The molecule has 0 fully saturated rings. The van der Waals surface area contributed by atoms with Crippen molar-refractivity contribution in [2.24, 2.45) is 5.73 Å². The van der Waals surface area contributed by atoms with Crippen molar-refractivity contribution in [2.45, 2.75) is 19.4 Å². The zero-order valence-corrected chi connectivity index (χ0v) is 14.9. The van der Waals surface area contributed by atoms with Crippen LogP contribution in [0.15, 0.2) is 53.0 Å². The number of nitrogens with one attached hydrogen (secondary N) is 1. The molecule has 1 amide bonds. The van der Waals surface area contributed by atoms with Gasteiger partial charge in [0, 0.05) is 4.47 Å². The molecule has 4 nitrogen and oxygen atoms in total.